The topological polar surface area (TPSA) is 128 Å². The first-order valence-electron chi connectivity index (χ1n) is 8.59. The zero-order chi connectivity index (χ0) is 20.8. The summed E-state index contributed by atoms with van der Waals surface area (Å²) in [7, 11) is 0. The van der Waals surface area contributed by atoms with Gasteiger partial charge in [-0.05, 0) is 26.0 Å². The molecule has 0 saturated heterocycles. The van der Waals surface area contributed by atoms with Crippen LogP contribution >= 0.6 is 23.1 Å². The van der Waals surface area contributed by atoms with Crippen molar-refractivity contribution in [3.05, 3.63) is 47.6 Å². The number of aryl methyl sites for hydroxylation is 1. The molecule has 2 amide bonds. The second-order valence-corrected chi connectivity index (χ2v) is 8.00. The summed E-state index contributed by atoms with van der Waals surface area (Å²) in [5.74, 6) is 0.315. The van der Waals surface area contributed by atoms with E-state index in [4.69, 9.17) is 4.42 Å². The molecule has 3 aromatic rings. The predicted octanol–water partition coefficient (Wildman–Crippen LogP) is 2.44. The van der Waals surface area contributed by atoms with Crippen LogP contribution in [0, 0.1) is 6.92 Å². The Bertz CT molecular complexity index is 997. The van der Waals surface area contributed by atoms with Crippen molar-refractivity contribution in [3.8, 4) is 0 Å². The van der Waals surface area contributed by atoms with E-state index in [1.54, 1.807) is 29.7 Å². The second kappa shape index (κ2) is 9.47. The largest absolute Gasteiger partial charge is 0.459 e. The minimum absolute atomic E-state index is 0.126. The average molecular weight is 434 g/mol. The number of hydrogen-bond donors (Lipinski definition) is 2. The van der Waals surface area contributed by atoms with E-state index in [-0.39, 0.29) is 23.3 Å². The number of furan rings is 1. The zero-order valence-electron chi connectivity index (χ0n) is 15.8. The van der Waals surface area contributed by atoms with Gasteiger partial charge in [0.2, 0.25) is 11.0 Å². The number of rotatable bonds is 9. The Kier molecular flexibility index (Phi) is 6.77. The summed E-state index contributed by atoms with van der Waals surface area (Å²) < 4.78 is 6.90. The summed E-state index contributed by atoms with van der Waals surface area (Å²) in [6, 6.07) is 2.80. The van der Waals surface area contributed by atoms with Gasteiger partial charge in [0.25, 0.3) is 5.91 Å². The lowest BCUT2D eigenvalue weighted by molar-refractivity contribution is -0.113. The minimum atomic E-state index is -0.424. The van der Waals surface area contributed by atoms with Crippen LogP contribution in [0.25, 0.3) is 0 Å². The molecule has 12 heteroatoms. The predicted molar refractivity (Wildman–Crippen MR) is 109 cm³/mol. The quantitative estimate of drug-likeness (QED) is 0.389. The number of nitrogens with zero attached hydrogens (tertiary/aromatic N) is 5. The molecule has 0 unspecified atom stereocenters. The van der Waals surface area contributed by atoms with E-state index in [9.17, 15) is 9.59 Å². The summed E-state index contributed by atoms with van der Waals surface area (Å²) in [4.78, 5) is 24.3. The lowest BCUT2D eigenvalue weighted by Crippen LogP contribution is -2.28. The van der Waals surface area contributed by atoms with Crippen LogP contribution in [0.5, 0.6) is 0 Å². The third-order valence-corrected chi connectivity index (χ3v) is 5.36. The molecular weight excluding hydrogens is 414 g/mol. The Hall–Kier alpha value is -2.99. The number of thioether (sulfide) groups is 1. The number of hydrogen-bond acceptors (Lipinski definition) is 9. The highest BCUT2D eigenvalue weighted by Gasteiger charge is 2.21. The molecule has 0 aliphatic carbocycles. The van der Waals surface area contributed by atoms with E-state index < -0.39 is 6.04 Å². The first-order chi connectivity index (χ1) is 14.0. The summed E-state index contributed by atoms with van der Waals surface area (Å²) in [5, 5.41) is 23.3. The summed E-state index contributed by atoms with van der Waals surface area (Å²) in [6.45, 7) is 7.79. The molecule has 3 heterocycles. The van der Waals surface area contributed by atoms with Crippen LogP contribution in [0.4, 0.5) is 5.13 Å². The van der Waals surface area contributed by atoms with E-state index >= 15 is 0 Å². The molecule has 0 fully saturated rings. The number of anilines is 1. The fraction of sp³-hybridized carbons (Fsp3) is 0.294. The van der Waals surface area contributed by atoms with E-state index in [0.717, 1.165) is 5.01 Å². The average Bonchev–Trinajstić information content (AvgIpc) is 3.42. The van der Waals surface area contributed by atoms with Gasteiger partial charge >= 0.3 is 0 Å². The maximum Gasteiger partial charge on any atom is 0.287 e. The fourth-order valence-corrected chi connectivity index (χ4v) is 3.76. The molecule has 0 spiro atoms. The van der Waals surface area contributed by atoms with Crippen molar-refractivity contribution in [2.45, 2.75) is 31.6 Å². The molecule has 0 aromatic carbocycles. The van der Waals surface area contributed by atoms with Gasteiger partial charge in [0.15, 0.2) is 16.7 Å². The summed E-state index contributed by atoms with van der Waals surface area (Å²) in [6.07, 6.45) is 3.13. The van der Waals surface area contributed by atoms with Crippen molar-refractivity contribution in [1.29, 1.82) is 0 Å². The first-order valence-corrected chi connectivity index (χ1v) is 10.4. The lowest BCUT2D eigenvalue weighted by Gasteiger charge is -2.14. The number of amides is 2. The molecule has 0 aliphatic heterocycles. The monoisotopic (exact) mass is 433 g/mol. The van der Waals surface area contributed by atoms with Crippen LogP contribution in [0.2, 0.25) is 0 Å². The number of carbonyl (C=O) groups excluding carboxylic acids is 2. The maximum absolute atomic E-state index is 12.2. The number of aromatic nitrogens is 5. The van der Waals surface area contributed by atoms with Crippen LogP contribution in [-0.4, -0.2) is 42.5 Å². The Morgan fingerprint density at radius 1 is 1.38 bits per heavy atom. The smallest absolute Gasteiger partial charge is 0.287 e. The zero-order valence-corrected chi connectivity index (χ0v) is 17.4. The van der Waals surface area contributed by atoms with E-state index in [1.807, 2.05) is 6.92 Å². The van der Waals surface area contributed by atoms with Gasteiger partial charge in [-0.2, -0.15) is 0 Å². The van der Waals surface area contributed by atoms with Crippen LogP contribution in [0.1, 0.15) is 34.4 Å². The van der Waals surface area contributed by atoms with Crippen LogP contribution in [0.3, 0.4) is 0 Å². The molecule has 10 nitrogen and oxygen atoms in total. The van der Waals surface area contributed by atoms with Crippen LogP contribution in [-0.2, 0) is 11.3 Å². The van der Waals surface area contributed by atoms with Gasteiger partial charge in [0.05, 0.1) is 18.1 Å². The van der Waals surface area contributed by atoms with Gasteiger partial charge in [-0.15, -0.1) is 27.0 Å². The maximum atomic E-state index is 12.2. The number of nitrogens with one attached hydrogen (secondary N) is 2. The molecule has 29 heavy (non-hydrogen) atoms. The van der Waals surface area contributed by atoms with Crippen molar-refractivity contribution in [2.24, 2.45) is 0 Å². The third-order valence-electron chi connectivity index (χ3n) is 3.64. The highest BCUT2D eigenvalue weighted by Crippen LogP contribution is 2.22. The van der Waals surface area contributed by atoms with Gasteiger partial charge < -0.3 is 14.3 Å². The summed E-state index contributed by atoms with van der Waals surface area (Å²) in [5.41, 5.74) is 0. The summed E-state index contributed by atoms with van der Waals surface area (Å²) >= 11 is 2.53. The molecular formula is C17H19N7O3S2. The van der Waals surface area contributed by atoms with Gasteiger partial charge in [-0.3, -0.25) is 14.9 Å². The van der Waals surface area contributed by atoms with E-state index in [0.29, 0.717) is 22.7 Å². The van der Waals surface area contributed by atoms with Gasteiger partial charge in [-0.25, -0.2) is 0 Å². The molecule has 152 valence electrons. The molecule has 0 radical (unpaired) electrons. The Morgan fingerprint density at radius 3 is 2.86 bits per heavy atom. The molecule has 3 aromatic heterocycles. The standard InChI is InChI=1S/C17H19N7O3S2/c1-4-7-24-14(10(2)18-15(26)12-6-5-8-27-12)21-23-17(24)28-9-13(25)19-16-22-20-11(3)29-16/h4-6,8,10H,1,7,9H2,2-3H3,(H,18,26)(H,19,22,25)/t10-/m0/s1. The highest BCUT2D eigenvalue weighted by molar-refractivity contribution is 7.99. The van der Waals surface area contributed by atoms with Crippen molar-refractivity contribution < 1.29 is 14.0 Å². The SMILES string of the molecule is C=CCn1c(SCC(=O)Nc2nnc(C)s2)nnc1[C@H](C)NC(=O)c1ccco1. The van der Waals surface area contributed by atoms with Gasteiger partial charge in [0.1, 0.15) is 5.01 Å². The van der Waals surface area contributed by atoms with Gasteiger partial charge in [-0.1, -0.05) is 29.2 Å². The molecule has 0 bridgehead atoms. The van der Waals surface area contributed by atoms with Crippen LogP contribution < -0.4 is 10.6 Å². The normalized spacial score (nSPS) is 11.8. The molecule has 3 rings (SSSR count). The van der Waals surface area contributed by atoms with Gasteiger partial charge in [0, 0.05) is 6.54 Å². The third kappa shape index (κ3) is 5.29. The Balaban J connectivity index is 1.65. The molecule has 0 aliphatic rings. The molecule has 2 N–H and O–H groups in total. The second-order valence-electron chi connectivity index (χ2n) is 5.88. The molecule has 1 atom stereocenters. The van der Waals surface area contributed by atoms with E-state index in [2.05, 4.69) is 37.6 Å². The van der Waals surface area contributed by atoms with E-state index in [1.165, 1.54) is 29.4 Å². The van der Waals surface area contributed by atoms with Crippen LogP contribution in [0.15, 0.2) is 40.6 Å². The number of carbonyl (C=O) groups is 2. The Labute approximate surface area is 174 Å². The fourth-order valence-electron chi connectivity index (χ4n) is 2.40. The minimum Gasteiger partial charge on any atom is -0.459 e. The van der Waals surface area contributed by atoms with Crippen molar-refractivity contribution in [2.75, 3.05) is 11.1 Å². The van der Waals surface area contributed by atoms with Crippen molar-refractivity contribution in [1.82, 2.24) is 30.3 Å². The Morgan fingerprint density at radius 2 is 2.21 bits per heavy atom. The van der Waals surface area contributed by atoms with Crippen molar-refractivity contribution >= 4 is 40.0 Å². The lowest BCUT2D eigenvalue weighted by atomic mass is 10.3. The van der Waals surface area contributed by atoms with Crippen molar-refractivity contribution in [3.63, 3.8) is 0 Å². The first kappa shape index (κ1) is 20.7. The highest BCUT2D eigenvalue weighted by atomic mass is 32.2. The number of allylic oxidation sites excluding steroid dienone is 1. The molecule has 0 saturated carbocycles.